The molecule has 1 aromatic carbocycles. The van der Waals surface area contributed by atoms with Crippen molar-refractivity contribution in [2.45, 2.75) is 38.7 Å². The third-order valence-electron chi connectivity index (χ3n) is 4.49. The fourth-order valence-electron chi connectivity index (χ4n) is 3.12. The molecule has 0 aromatic heterocycles. The van der Waals surface area contributed by atoms with Gasteiger partial charge in [-0.3, -0.25) is 9.59 Å². The average molecular weight is 338 g/mol. The van der Waals surface area contributed by atoms with E-state index in [9.17, 15) is 14.0 Å². The summed E-state index contributed by atoms with van der Waals surface area (Å²) in [5.74, 6) is -1.52. The summed E-state index contributed by atoms with van der Waals surface area (Å²) in [6.45, 7) is 1.76. The van der Waals surface area contributed by atoms with Crippen molar-refractivity contribution in [2.24, 2.45) is 0 Å². The van der Waals surface area contributed by atoms with Gasteiger partial charge in [-0.2, -0.15) is 0 Å². The van der Waals surface area contributed by atoms with Crippen LogP contribution in [-0.4, -0.2) is 18.9 Å². The predicted octanol–water partition coefficient (Wildman–Crippen LogP) is 3.93. The number of anilines is 1. The highest BCUT2D eigenvalue weighted by atomic mass is 35.5. The number of imide groups is 1. The molecule has 1 aliphatic carbocycles. The van der Waals surface area contributed by atoms with Crippen LogP contribution in [0.3, 0.4) is 0 Å². The molecule has 0 saturated carbocycles. The summed E-state index contributed by atoms with van der Waals surface area (Å²) in [5, 5.41) is 0.206. The summed E-state index contributed by atoms with van der Waals surface area (Å²) in [5.41, 5.74) is 1.53. The van der Waals surface area contributed by atoms with Crippen LogP contribution in [0.2, 0.25) is 5.02 Å². The first kappa shape index (κ1) is 16.1. The summed E-state index contributed by atoms with van der Waals surface area (Å²) in [6, 6.07) is 2.56. The zero-order valence-corrected chi connectivity index (χ0v) is 13.7. The van der Waals surface area contributed by atoms with E-state index in [0.717, 1.165) is 23.8 Å². The highest BCUT2D eigenvalue weighted by molar-refractivity contribution is 6.34. The molecule has 0 spiro atoms. The topological polar surface area (TPSA) is 46.6 Å². The summed E-state index contributed by atoms with van der Waals surface area (Å²) < 4.78 is 19.6. The molecular formula is C17H17ClFNO3. The van der Waals surface area contributed by atoms with Gasteiger partial charge in [-0.05, 0) is 44.7 Å². The van der Waals surface area contributed by atoms with E-state index < -0.39 is 17.6 Å². The van der Waals surface area contributed by atoms with Crippen molar-refractivity contribution in [3.05, 3.63) is 39.7 Å². The third kappa shape index (κ3) is 2.58. The van der Waals surface area contributed by atoms with Crippen LogP contribution >= 0.6 is 11.6 Å². The van der Waals surface area contributed by atoms with Gasteiger partial charge in [-0.25, -0.2) is 9.29 Å². The van der Waals surface area contributed by atoms with Crippen LogP contribution < -0.4 is 4.90 Å². The number of nitrogens with zero attached hydrogens (tertiary/aromatic N) is 1. The molecule has 4 nitrogen and oxygen atoms in total. The standard InChI is InChI=1S/C17H17ClFNO3/c1-9(23-2)12-7-15(14(19)8-13(12)18)20-16(21)10-5-3-4-6-11(10)17(20)22/h7-9H,3-6H2,1-2H3. The summed E-state index contributed by atoms with van der Waals surface area (Å²) >= 11 is 6.06. The van der Waals surface area contributed by atoms with E-state index in [1.807, 2.05) is 0 Å². The van der Waals surface area contributed by atoms with E-state index in [4.69, 9.17) is 16.3 Å². The second-order valence-corrected chi connectivity index (χ2v) is 6.22. The first-order chi connectivity index (χ1) is 11.0. The normalized spacial score (nSPS) is 19.4. The number of carbonyl (C=O) groups excluding carboxylic acids is 2. The number of methoxy groups -OCH3 is 1. The lowest BCUT2D eigenvalue weighted by Crippen LogP contribution is -2.32. The minimum absolute atomic E-state index is 0.0577. The molecule has 2 aliphatic rings. The highest BCUT2D eigenvalue weighted by Crippen LogP contribution is 2.39. The molecule has 1 atom stereocenters. The smallest absolute Gasteiger partial charge is 0.261 e. The highest BCUT2D eigenvalue weighted by Gasteiger charge is 2.41. The molecular weight excluding hydrogens is 321 g/mol. The van der Waals surface area contributed by atoms with Crippen molar-refractivity contribution < 1.29 is 18.7 Å². The number of halogens is 2. The third-order valence-corrected chi connectivity index (χ3v) is 4.82. The fourth-order valence-corrected chi connectivity index (χ4v) is 3.43. The van der Waals surface area contributed by atoms with Crippen LogP contribution in [0.25, 0.3) is 0 Å². The van der Waals surface area contributed by atoms with Gasteiger partial charge in [0.1, 0.15) is 5.82 Å². The number of benzene rings is 1. The van der Waals surface area contributed by atoms with E-state index in [0.29, 0.717) is 29.6 Å². The Morgan fingerprint density at radius 3 is 2.26 bits per heavy atom. The molecule has 0 saturated heterocycles. The molecule has 6 heteroatoms. The van der Waals surface area contributed by atoms with Gasteiger partial charge >= 0.3 is 0 Å². The van der Waals surface area contributed by atoms with Crippen molar-refractivity contribution in [3.63, 3.8) is 0 Å². The average Bonchev–Trinajstić information content (AvgIpc) is 2.79. The zero-order valence-electron chi connectivity index (χ0n) is 13.0. The van der Waals surface area contributed by atoms with Gasteiger partial charge in [0, 0.05) is 28.8 Å². The minimum Gasteiger partial charge on any atom is -0.377 e. The summed E-state index contributed by atoms with van der Waals surface area (Å²) in [7, 11) is 1.51. The molecule has 3 rings (SSSR count). The van der Waals surface area contributed by atoms with Gasteiger partial charge in [0.05, 0.1) is 11.8 Å². The van der Waals surface area contributed by atoms with Crippen molar-refractivity contribution >= 4 is 29.1 Å². The van der Waals surface area contributed by atoms with E-state index in [1.165, 1.54) is 13.2 Å². The van der Waals surface area contributed by atoms with Gasteiger partial charge in [-0.1, -0.05) is 11.6 Å². The van der Waals surface area contributed by atoms with Gasteiger partial charge in [0.15, 0.2) is 0 Å². The lowest BCUT2D eigenvalue weighted by atomic mass is 9.93. The van der Waals surface area contributed by atoms with E-state index >= 15 is 0 Å². The molecule has 1 aromatic rings. The number of hydrogen-bond donors (Lipinski definition) is 0. The minimum atomic E-state index is -0.691. The van der Waals surface area contributed by atoms with Crippen LogP contribution in [0.5, 0.6) is 0 Å². The fraction of sp³-hybridized carbons (Fsp3) is 0.412. The molecule has 1 aliphatic heterocycles. The predicted molar refractivity (Wildman–Crippen MR) is 84.8 cm³/mol. The van der Waals surface area contributed by atoms with Crippen molar-refractivity contribution in [2.75, 3.05) is 12.0 Å². The van der Waals surface area contributed by atoms with Gasteiger partial charge < -0.3 is 4.74 Å². The summed E-state index contributed by atoms with van der Waals surface area (Å²) in [6.07, 6.45) is 2.53. The quantitative estimate of drug-likeness (QED) is 0.785. The maximum atomic E-state index is 14.4. The number of ether oxygens (including phenoxy) is 1. The molecule has 23 heavy (non-hydrogen) atoms. The Morgan fingerprint density at radius 2 is 1.74 bits per heavy atom. The molecule has 1 heterocycles. The monoisotopic (exact) mass is 337 g/mol. The Balaban J connectivity index is 2.06. The van der Waals surface area contributed by atoms with Crippen molar-refractivity contribution in [1.29, 1.82) is 0 Å². The number of amides is 2. The summed E-state index contributed by atoms with van der Waals surface area (Å²) in [4.78, 5) is 26.0. The lowest BCUT2D eigenvalue weighted by molar-refractivity contribution is -0.120. The van der Waals surface area contributed by atoms with Crippen LogP contribution in [-0.2, 0) is 14.3 Å². The maximum Gasteiger partial charge on any atom is 0.261 e. The second kappa shape index (κ2) is 6.06. The Kier molecular flexibility index (Phi) is 4.25. The van der Waals surface area contributed by atoms with Crippen LogP contribution in [0.4, 0.5) is 10.1 Å². The molecule has 122 valence electrons. The zero-order chi connectivity index (χ0) is 16.7. The van der Waals surface area contributed by atoms with Crippen LogP contribution in [0.15, 0.2) is 23.3 Å². The van der Waals surface area contributed by atoms with Gasteiger partial charge in [0.2, 0.25) is 0 Å². The van der Waals surface area contributed by atoms with E-state index in [-0.39, 0.29) is 16.8 Å². The SMILES string of the molecule is COC(C)c1cc(N2C(=O)C3=C(CCCC3)C2=O)c(F)cc1Cl. The number of rotatable bonds is 3. The molecule has 0 bridgehead atoms. The Hall–Kier alpha value is -1.72. The maximum absolute atomic E-state index is 14.4. The molecule has 0 fully saturated rings. The van der Waals surface area contributed by atoms with Gasteiger partial charge in [-0.15, -0.1) is 0 Å². The van der Waals surface area contributed by atoms with Crippen LogP contribution in [0.1, 0.15) is 44.3 Å². The number of hydrogen-bond acceptors (Lipinski definition) is 3. The second-order valence-electron chi connectivity index (χ2n) is 5.81. The van der Waals surface area contributed by atoms with Crippen molar-refractivity contribution in [3.8, 4) is 0 Å². The number of carbonyl (C=O) groups is 2. The molecule has 2 amide bonds. The van der Waals surface area contributed by atoms with Gasteiger partial charge in [0.25, 0.3) is 11.8 Å². The molecule has 1 unspecified atom stereocenters. The Morgan fingerprint density at radius 1 is 1.17 bits per heavy atom. The van der Waals surface area contributed by atoms with Crippen LogP contribution in [0, 0.1) is 5.82 Å². The first-order valence-corrected chi connectivity index (χ1v) is 7.96. The Labute approximate surface area is 138 Å². The largest absolute Gasteiger partial charge is 0.377 e. The molecule has 0 radical (unpaired) electrons. The Bertz CT molecular complexity index is 701. The molecule has 0 N–H and O–H groups in total. The van der Waals surface area contributed by atoms with E-state index in [2.05, 4.69) is 0 Å². The lowest BCUT2D eigenvalue weighted by Gasteiger charge is -2.19. The van der Waals surface area contributed by atoms with Crippen molar-refractivity contribution in [1.82, 2.24) is 0 Å². The first-order valence-electron chi connectivity index (χ1n) is 7.58. The van der Waals surface area contributed by atoms with E-state index in [1.54, 1.807) is 6.92 Å².